The molecule has 0 atom stereocenters. The van der Waals surface area contributed by atoms with E-state index in [4.69, 9.17) is 0 Å². The van der Waals surface area contributed by atoms with Crippen LogP contribution in [0, 0.1) is 5.92 Å². The zero-order valence-electron chi connectivity index (χ0n) is 8.17. The van der Waals surface area contributed by atoms with E-state index in [9.17, 15) is 0 Å². The Balaban J connectivity index is 0. The SMILES string of the molecule is C=C/C=C\C=C/C.CC(C)C. The standard InChI is InChI=1S/C7H10.C4H10/c1-3-5-7-6-4-2;1-4(2)3/h3-7H,1H2,2H3;4H,1-3H3/b6-4-,7-5-;. The summed E-state index contributed by atoms with van der Waals surface area (Å²) in [6, 6.07) is 0. The maximum atomic E-state index is 3.51. The Morgan fingerprint density at radius 2 is 1.45 bits per heavy atom. The van der Waals surface area contributed by atoms with Crippen LogP contribution >= 0.6 is 0 Å². The first-order valence-electron chi connectivity index (χ1n) is 4.05. The van der Waals surface area contributed by atoms with E-state index in [2.05, 4.69) is 27.4 Å². The number of allylic oxidation sites excluding steroid dienone is 5. The maximum absolute atomic E-state index is 3.51. The third-order valence-corrected chi connectivity index (χ3v) is 0.551. The monoisotopic (exact) mass is 152 g/mol. The van der Waals surface area contributed by atoms with Crippen LogP contribution in [0.4, 0.5) is 0 Å². The van der Waals surface area contributed by atoms with Gasteiger partial charge in [0.15, 0.2) is 0 Å². The fourth-order valence-electron chi connectivity index (χ4n) is 0.254. The Morgan fingerprint density at radius 1 is 1.00 bits per heavy atom. The first-order valence-corrected chi connectivity index (χ1v) is 4.05. The van der Waals surface area contributed by atoms with E-state index in [1.165, 1.54) is 0 Å². The summed E-state index contributed by atoms with van der Waals surface area (Å²) in [7, 11) is 0. The largest absolute Gasteiger partial charge is 0.0991 e. The molecule has 0 aromatic heterocycles. The third kappa shape index (κ3) is 46.4. The van der Waals surface area contributed by atoms with Gasteiger partial charge < -0.3 is 0 Å². The Labute approximate surface area is 71.3 Å². The molecule has 0 heterocycles. The van der Waals surface area contributed by atoms with Crippen molar-refractivity contribution in [3.8, 4) is 0 Å². The van der Waals surface area contributed by atoms with Crippen molar-refractivity contribution in [2.45, 2.75) is 27.7 Å². The molecule has 0 aliphatic rings. The van der Waals surface area contributed by atoms with Crippen LogP contribution in [0.1, 0.15) is 27.7 Å². The van der Waals surface area contributed by atoms with Crippen molar-refractivity contribution in [1.82, 2.24) is 0 Å². The molecule has 0 saturated heterocycles. The average Bonchev–Trinajstić information content (AvgIpc) is 1.88. The molecule has 0 amide bonds. The summed E-state index contributed by atoms with van der Waals surface area (Å²) in [5, 5.41) is 0. The van der Waals surface area contributed by atoms with Gasteiger partial charge in [0.25, 0.3) is 0 Å². The first-order chi connectivity index (χ1) is 5.15. The molecule has 0 aromatic rings. The lowest BCUT2D eigenvalue weighted by Gasteiger charge is -1.79. The predicted molar refractivity (Wildman–Crippen MR) is 54.7 cm³/mol. The summed E-state index contributed by atoms with van der Waals surface area (Å²) in [6.07, 6.45) is 9.51. The maximum Gasteiger partial charge on any atom is -0.0467 e. The highest BCUT2D eigenvalue weighted by Gasteiger charge is 1.68. The molecule has 0 aromatic carbocycles. The van der Waals surface area contributed by atoms with Crippen molar-refractivity contribution in [2.75, 3.05) is 0 Å². The second-order valence-corrected chi connectivity index (χ2v) is 2.88. The van der Waals surface area contributed by atoms with Gasteiger partial charge >= 0.3 is 0 Å². The van der Waals surface area contributed by atoms with Gasteiger partial charge in [0, 0.05) is 0 Å². The molecule has 0 nitrogen and oxygen atoms in total. The lowest BCUT2D eigenvalue weighted by molar-refractivity contribution is 0.737. The quantitative estimate of drug-likeness (QED) is 0.525. The van der Waals surface area contributed by atoms with E-state index in [0.29, 0.717) is 0 Å². The zero-order chi connectivity index (χ0) is 9.11. The number of rotatable bonds is 2. The van der Waals surface area contributed by atoms with Crippen molar-refractivity contribution >= 4 is 0 Å². The van der Waals surface area contributed by atoms with Gasteiger partial charge in [-0.1, -0.05) is 57.7 Å². The predicted octanol–water partition coefficient (Wildman–Crippen LogP) is 3.97. The van der Waals surface area contributed by atoms with Gasteiger partial charge in [-0.2, -0.15) is 0 Å². The molecule has 0 heteroatoms. The van der Waals surface area contributed by atoms with Gasteiger partial charge in [-0.25, -0.2) is 0 Å². The summed E-state index contributed by atoms with van der Waals surface area (Å²) in [5.41, 5.74) is 0. The van der Waals surface area contributed by atoms with E-state index in [0.717, 1.165) is 5.92 Å². The molecular weight excluding hydrogens is 132 g/mol. The first kappa shape index (κ1) is 12.9. The summed E-state index contributed by atoms with van der Waals surface area (Å²) >= 11 is 0. The normalized spacial score (nSPS) is 10.3. The van der Waals surface area contributed by atoms with E-state index >= 15 is 0 Å². The van der Waals surface area contributed by atoms with Crippen LogP contribution < -0.4 is 0 Å². The highest BCUT2D eigenvalue weighted by Crippen LogP contribution is 1.81. The van der Waals surface area contributed by atoms with E-state index in [-0.39, 0.29) is 0 Å². The number of hydrogen-bond acceptors (Lipinski definition) is 0. The molecule has 11 heavy (non-hydrogen) atoms. The smallest absolute Gasteiger partial charge is 0.0467 e. The molecule has 0 rings (SSSR count). The summed E-state index contributed by atoms with van der Waals surface area (Å²) in [6.45, 7) is 12.0. The molecule has 0 aliphatic carbocycles. The van der Waals surface area contributed by atoms with Crippen molar-refractivity contribution < 1.29 is 0 Å². The van der Waals surface area contributed by atoms with Gasteiger partial charge in [-0.15, -0.1) is 0 Å². The topological polar surface area (TPSA) is 0 Å². The molecule has 0 saturated carbocycles. The molecule has 0 N–H and O–H groups in total. The highest BCUT2D eigenvalue weighted by atomic mass is 13.7. The average molecular weight is 152 g/mol. The van der Waals surface area contributed by atoms with Crippen molar-refractivity contribution in [2.24, 2.45) is 5.92 Å². The van der Waals surface area contributed by atoms with Gasteiger partial charge in [0.1, 0.15) is 0 Å². The number of hydrogen-bond donors (Lipinski definition) is 0. The Kier molecular flexibility index (Phi) is 14.0. The van der Waals surface area contributed by atoms with Crippen molar-refractivity contribution in [1.29, 1.82) is 0 Å². The van der Waals surface area contributed by atoms with Crippen LogP contribution in [0.25, 0.3) is 0 Å². The Bertz CT molecular complexity index is 113. The minimum atomic E-state index is 0.833. The molecule has 0 fully saturated rings. The molecule has 64 valence electrons. The third-order valence-electron chi connectivity index (χ3n) is 0.551. The van der Waals surface area contributed by atoms with E-state index in [1.807, 2.05) is 31.2 Å². The lowest BCUT2D eigenvalue weighted by atomic mass is 10.3. The van der Waals surface area contributed by atoms with Crippen LogP contribution in [0.5, 0.6) is 0 Å². The minimum absolute atomic E-state index is 0.833. The van der Waals surface area contributed by atoms with Gasteiger partial charge in [0.2, 0.25) is 0 Å². The fraction of sp³-hybridized carbons (Fsp3) is 0.455. The van der Waals surface area contributed by atoms with Crippen LogP contribution in [0.2, 0.25) is 0 Å². The van der Waals surface area contributed by atoms with Gasteiger partial charge in [-0.05, 0) is 12.8 Å². The van der Waals surface area contributed by atoms with E-state index in [1.54, 1.807) is 6.08 Å². The molecule has 0 bridgehead atoms. The van der Waals surface area contributed by atoms with E-state index < -0.39 is 0 Å². The lowest BCUT2D eigenvalue weighted by Crippen LogP contribution is -1.66. The second-order valence-electron chi connectivity index (χ2n) is 2.88. The summed E-state index contributed by atoms with van der Waals surface area (Å²) in [4.78, 5) is 0. The summed E-state index contributed by atoms with van der Waals surface area (Å²) < 4.78 is 0. The van der Waals surface area contributed by atoms with Gasteiger partial charge in [-0.3, -0.25) is 0 Å². The molecular formula is C11H20. The Hall–Kier alpha value is -0.780. The minimum Gasteiger partial charge on any atom is -0.0991 e. The van der Waals surface area contributed by atoms with Crippen molar-refractivity contribution in [3.05, 3.63) is 37.0 Å². The van der Waals surface area contributed by atoms with Crippen LogP contribution in [0.3, 0.4) is 0 Å². The fourth-order valence-corrected chi connectivity index (χ4v) is 0.254. The second kappa shape index (κ2) is 12.0. The summed E-state index contributed by atoms with van der Waals surface area (Å²) in [5.74, 6) is 0.833. The molecule has 0 radical (unpaired) electrons. The molecule has 0 aliphatic heterocycles. The van der Waals surface area contributed by atoms with Gasteiger partial charge in [0.05, 0.1) is 0 Å². The van der Waals surface area contributed by atoms with Crippen LogP contribution in [-0.2, 0) is 0 Å². The molecule has 0 spiro atoms. The van der Waals surface area contributed by atoms with Crippen LogP contribution in [0.15, 0.2) is 37.0 Å². The Morgan fingerprint density at radius 3 is 1.73 bits per heavy atom. The van der Waals surface area contributed by atoms with Crippen LogP contribution in [-0.4, -0.2) is 0 Å². The highest BCUT2D eigenvalue weighted by molar-refractivity contribution is 5.07. The van der Waals surface area contributed by atoms with Crippen molar-refractivity contribution in [3.63, 3.8) is 0 Å². The molecule has 0 unspecified atom stereocenters. The zero-order valence-corrected chi connectivity index (χ0v) is 8.17.